The summed E-state index contributed by atoms with van der Waals surface area (Å²) in [5.74, 6) is 0.850. The maximum Gasteiger partial charge on any atom is 0.222 e. The van der Waals surface area contributed by atoms with Crippen LogP contribution in [0.3, 0.4) is 0 Å². The molecule has 1 aromatic carbocycles. The summed E-state index contributed by atoms with van der Waals surface area (Å²) in [6.07, 6.45) is 2.72. The van der Waals surface area contributed by atoms with Crippen LogP contribution in [0.1, 0.15) is 25.3 Å². The zero-order chi connectivity index (χ0) is 16.1. The van der Waals surface area contributed by atoms with Gasteiger partial charge in [0, 0.05) is 38.5 Å². The fraction of sp³-hybridized carbons (Fsp3) is 0.632. The van der Waals surface area contributed by atoms with E-state index in [0.29, 0.717) is 12.3 Å². The number of fused-ring (bicyclic) bond motifs is 1. The molecule has 0 bridgehead atoms. The minimum absolute atomic E-state index is 0.223. The van der Waals surface area contributed by atoms with Crippen LogP contribution >= 0.6 is 0 Å². The van der Waals surface area contributed by atoms with Gasteiger partial charge in [-0.2, -0.15) is 0 Å². The first-order valence-electron chi connectivity index (χ1n) is 8.92. The summed E-state index contributed by atoms with van der Waals surface area (Å²) < 4.78 is 6.05. The largest absolute Gasteiger partial charge is 0.375 e. The van der Waals surface area contributed by atoms with E-state index in [0.717, 1.165) is 52.2 Å². The second kappa shape index (κ2) is 7.93. The zero-order valence-corrected chi connectivity index (χ0v) is 14.1. The second-order valence-electron chi connectivity index (χ2n) is 6.68. The van der Waals surface area contributed by atoms with Crippen molar-refractivity contribution in [2.75, 3.05) is 39.3 Å². The highest BCUT2D eigenvalue weighted by Gasteiger charge is 2.34. The van der Waals surface area contributed by atoms with Crippen LogP contribution in [0.5, 0.6) is 0 Å². The molecule has 0 saturated carbocycles. The van der Waals surface area contributed by atoms with Gasteiger partial charge in [-0.15, -0.1) is 0 Å². The van der Waals surface area contributed by atoms with Crippen LogP contribution in [0.15, 0.2) is 30.3 Å². The number of piperidine rings is 1. The Morgan fingerprint density at radius 3 is 2.83 bits per heavy atom. The lowest BCUT2D eigenvalue weighted by Gasteiger charge is -2.38. The Labute approximate surface area is 139 Å². The molecule has 0 aromatic heterocycles. The standard InChI is InChI=1S/C19H28N2O2/c1-2-20-12-13-23-18-15-21(11-10-17(18)14-20)19(22)9-8-16-6-4-3-5-7-16/h3-7,17-18H,2,8-15H2,1H3/t17-,18-/m0/s1. The summed E-state index contributed by atoms with van der Waals surface area (Å²) in [7, 11) is 0. The number of carbonyl (C=O) groups is 1. The number of rotatable bonds is 4. The molecule has 1 aromatic rings. The van der Waals surface area contributed by atoms with Crippen molar-refractivity contribution in [2.24, 2.45) is 5.92 Å². The molecule has 2 heterocycles. The van der Waals surface area contributed by atoms with Gasteiger partial charge in [-0.05, 0) is 24.9 Å². The van der Waals surface area contributed by atoms with Gasteiger partial charge in [-0.3, -0.25) is 4.79 Å². The predicted molar refractivity (Wildman–Crippen MR) is 91.3 cm³/mol. The first-order chi connectivity index (χ1) is 11.3. The lowest BCUT2D eigenvalue weighted by molar-refractivity contribution is -0.136. The number of hydrogen-bond donors (Lipinski definition) is 0. The molecule has 2 atom stereocenters. The molecule has 2 fully saturated rings. The van der Waals surface area contributed by atoms with E-state index in [1.165, 1.54) is 5.56 Å². The lowest BCUT2D eigenvalue weighted by atomic mass is 9.93. The Morgan fingerprint density at radius 1 is 1.22 bits per heavy atom. The van der Waals surface area contributed by atoms with Gasteiger partial charge in [0.2, 0.25) is 5.91 Å². The van der Waals surface area contributed by atoms with E-state index >= 15 is 0 Å². The second-order valence-corrected chi connectivity index (χ2v) is 6.68. The van der Waals surface area contributed by atoms with Crippen LogP contribution in [0.4, 0.5) is 0 Å². The van der Waals surface area contributed by atoms with Gasteiger partial charge in [0.25, 0.3) is 0 Å². The normalized spacial score (nSPS) is 25.7. The minimum atomic E-state index is 0.223. The third-order valence-electron chi connectivity index (χ3n) is 5.20. The highest BCUT2D eigenvalue weighted by Crippen LogP contribution is 2.24. The number of carbonyl (C=O) groups excluding carboxylic acids is 1. The van der Waals surface area contributed by atoms with Crippen molar-refractivity contribution in [1.82, 2.24) is 9.80 Å². The summed E-state index contributed by atoms with van der Waals surface area (Å²) in [4.78, 5) is 17.0. The summed E-state index contributed by atoms with van der Waals surface area (Å²) in [6, 6.07) is 10.3. The van der Waals surface area contributed by atoms with E-state index in [1.54, 1.807) is 0 Å². The fourth-order valence-corrected chi connectivity index (χ4v) is 3.69. The Morgan fingerprint density at radius 2 is 2.04 bits per heavy atom. The van der Waals surface area contributed by atoms with Gasteiger partial charge in [0.05, 0.1) is 12.7 Å². The van der Waals surface area contributed by atoms with Crippen molar-refractivity contribution >= 4 is 5.91 Å². The van der Waals surface area contributed by atoms with E-state index < -0.39 is 0 Å². The molecule has 0 N–H and O–H groups in total. The Kier molecular flexibility index (Phi) is 5.68. The molecule has 0 aliphatic carbocycles. The van der Waals surface area contributed by atoms with Crippen LogP contribution in [0.2, 0.25) is 0 Å². The number of likely N-dealkylation sites (N-methyl/N-ethyl adjacent to an activating group) is 1. The van der Waals surface area contributed by atoms with Crippen molar-refractivity contribution < 1.29 is 9.53 Å². The van der Waals surface area contributed by atoms with E-state index in [1.807, 2.05) is 23.1 Å². The average molecular weight is 316 g/mol. The van der Waals surface area contributed by atoms with Crippen LogP contribution in [0, 0.1) is 5.92 Å². The summed E-state index contributed by atoms with van der Waals surface area (Å²) in [5.41, 5.74) is 1.24. The monoisotopic (exact) mass is 316 g/mol. The van der Waals surface area contributed by atoms with E-state index in [-0.39, 0.29) is 12.0 Å². The van der Waals surface area contributed by atoms with E-state index in [9.17, 15) is 4.79 Å². The maximum absolute atomic E-state index is 12.5. The maximum atomic E-state index is 12.5. The van der Waals surface area contributed by atoms with Crippen LogP contribution in [-0.2, 0) is 16.0 Å². The van der Waals surface area contributed by atoms with Crippen molar-refractivity contribution in [3.63, 3.8) is 0 Å². The molecular formula is C19H28N2O2. The van der Waals surface area contributed by atoms with Crippen molar-refractivity contribution in [1.29, 1.82) is 0 Å². The number of aryl methyl sites for hydroxylation is 1. The number of hydrogen-bond acceptors (Lipinski definition) is 3. The van der Waals surface area contributed by atoms with Gasteiger partial charge >= 0.3 is 0 Å². The molecule has 4 nitrogen and oxygen atoms in total. The topological polar surface area (TPSA) is 32.8 Å². The van der Waals surface area contributed by atoms with Gasteiger partial charge < -0.3 is 14.5 Å². The molecule has 0 radical (unpaired) electrons. The zero-order valence-electron chi connectivity index (χ0n) is 14.1. The number of likely N-dealkylation sites (tertiary alicyclic amines) is 1. The number of benzene rings is 1. The number of amides is 1. The van der Waals surface area contributed by atoms with Gasteiger partial charge in [-0.1, -0.05) is 37.3 Å². The lowest BCUT2D eigenvalue weighted by Crippen LogP contribution is -2.49. The third-order valence-corrected chi connectivity index (χ3v) is 5.20. The van der Waals surface area contributed by atoms with Crippen LogP contribution < -0.4 is 0 Å². The molecule has 126 valence electrons. The van der Waals surface area contributed by atoms with E-state index in [4.69, 9.17) is 4.74 Å². The molecule has 23 heavy (non-hydrogen) atoms. The molecule has 4 heteroatoms. The summed E-state index contributed by atoms with van der Waals surface area (Å²) >= 11 is 0. The highest BCUT2D eigenvalue weighted by molar-refractivity contribution is 5.76. The number of ether oxygens (including phenoxy) is 1. The Hall–Kier alpha value is -1.39. The quantitative estimate of drug-likeness (QED) is 0.853. The smallest absolute Gasteiger partial charge is 0.222 e. The molecule has 2 aliphatic rings. The first-order valence-corrected chi connectivity index (χ1v) is 8.92. The van der Waals surface area contributed by atoms with Crippen molar-refractivity contribution in [3.05, 3.63) is 35.9 Å². The number of nitrogens with zero attached hydrogens (tertiary/aromatic N) is 2. The van der Waals surface area contributed by atoms with Crippen LogP contribution in [-0.4, -0.2) is 61.1 Å². The Bertz CT molecular complexity index is 505. The predicted octanol–water partition coefficient (Wildman–Crippen LogP) is 2.19. The van der Waals surface area contributed by atoms with E-state index in [2.05, 4.69) is 24.0 Å². The molecule has 2 saturated heterocycles. The Balaban J connectivity index is 1.51. The van der Waals surface area contributed by atoms with Crippen LogP contribution in [0.25, 0.3) is 0 Å². The molecule has 0 unspecified atom stereocenters. The SMILES string of the molecule is CCN1CCO[C@H]2CN(C(=O)CCc3ccccc3)CC[C@H]2C1. The summed E-state index contributed by atoms with van der Waals surface area (Å²) in [6.45, 7) is 7.89. The fourth-order valence-electron chi connectivity index (χ4n) is 3.69. The minimum Gasteiger partial charge on any atom is -0.375 e. The first kappa shape index (κ1) is 16.5. The van der Waals surface area contributed by atoms with Crippen molar-refractivity contribution in [3.8, 4) is 0 Å². The molecule has 2 aliphatic heterocycles. The summed E-state index contributed by atoms with van der Waals surface area (Å²) in [5, 5.41) is 0. The molecule has 3 rings (SSSR count). The third kappa shape index (κ3) is 4.33. The average Bonchev–Trinajstić information content (AvgIpc) is 2.81. The molecular weight excluding hydrogens is 288 g/mol. The van der Waals surface area contributed by atoms with Gasteiger partial charge in [0.1, 0.15) is 0 Å². The van der Waals surface area contributed by atoms with Gasteiger partial charge in [0.15, 0.2) is 0 Å². The highest BCUT2D eigenvalue weighted by atomic mass is 16.5. The molecule has 1 amide bonds. The van der Waals surface area contributed by atoms with Crippen molar-refractivity contribution in [2.45, 2.75) is 32.3 Å². The molecule has 0 spiro atoms. The van der Waals surface area contributed by atoms with Gasteiger partial charge in [-0.25, -0.2) is 0 Å².